The Bertz CT molecular complexity index is 760. The molecule has 0 fully saturated rings. The number of amides is 3. The monoisotopic (exact) mass is 343 g/mol. The van der Waals surface area contributed by atoms with E-state index in [0.29, 0.717) is 18.7 Å². The number of nitrogens with zero attached hydrogens (tertiary/aromatic N) is 1. The van der Waals surface area contributed by atoms with E-state index in [2.05, 4.69) is 10.6 Å². The molecule has 0 heterocycles. The summed E-state index contributed by atoms with van der Waals surface area (Å²) in [5, 5.41) is 5.50. The second kappa shape index (κ2) is 8.28. The van der Waals surface area contributed by atoms with E-state index in [-0.39, 0.29) is 17.8 Å². The summed E-state index contributed by atoms with van der Waals surface area (Å²) in [6.07, 6.45) is 0.627. The lowest BCUT2D eigenvalue weighted by molar-refractivity contribution is -0.116. The maximum Gasteiger partial charge on any atom is 0.319 e. The second-order valence-corrected chi connectivity index (χ2v) is 5.83. The van der Waals surface area contributed by atoms with Crippen LogP contribution >= 0.6 is 0 Å². The van der Waals surface area contributed by atoms with E-state index >= 15 is 0 Å². The molecule has 2 aromatic carbocycles. The van der Waals surface area contributed by atoms with Crippen molar-refractivity contribution in [1.29, 1.82) is 0 Å². The van der Waals surface area contributed by atoms with Gasteiger partial charge in [0.1, 0.15) is 5.82 Å². The number of benzene rings is 2. The number of carbonyl (C=O) groups excluding carboxylic acids is 2. The molecule has 2 aromatic rings. The van der Waals surface area contributed by atoms with E-state index < -0.39 is 0 Å². The zero-order valence-electron chi connectivity index (χ0n) is 14.6. The van der Waals surface area contributed by atoms with Crippen LogP contribution in [0.3, 0.4) is 0 Å². The minimum absolute atomic E-state index is 0.0606. The predicted molar refractivity (Wildman–Crippen MR) is 97.4 cm³/mol. The molecule has 0 aliphatic carbocycles. The fourth-order valence-corrected chi connectivity index (χ4v) is 2.38. The van der Waals surface area contributed by atoms with Crippen LogP contribution in [0.4, 0.5) is 20.6 Å². The molecule has 5 nitrogen and oxygen atoms in total. The van der Waals surface area contributed by atoms with Gasteiger partial charge in [-0.3, -0.25) is 4.79 Å². The first-order valence-electron chi connectivity index (χ1n) is 8.01. The van der Waals surface area contributed by atoms with Gasteiger partial charge in [0, 0.05) is 31.9 Å². The molecule has 0 aliphatic heterocycles. The lowest BCUT2D eigenvalue weighted by Crippen LogP contribution is -2.30. The van der Waals surface area contributed by atoms with E-state index in [9.17, 15) is 14.0 Å². The smallest absolute Gasteiger partial charge is 0.319 e. The highest BCUT2D eigenvalue weighted by Crippen LogP contribution is 2.17. The highest BCUT2D eigenvalue weighted by molar-refractivity contribution is 5.92. The third kappa shape index (κ3) is 5.31. The number of hydrogen-bond acceptors (Lipinski definition) is 2. The molecule has 0 saturated heterocycles. The van der Waals surface area contributed by atoms with Gasteiger partial charge in [-0.15, -0.1) is 0 Å². The average Bonchev–Trinajstić information content (AvgIpc) is 2.57. The van der Waals surface area contributed by atoms with Crippen LogP contribution in [-0.4, -0.2) is 25.5 Å². The van der Waals surface area contributed by atoms with E-state index in [0.717, 1.165) is 16.8 Å². The highest BCUT2D eigenvalue weighted by atomic mass is 19.1. The van der Waals surface area contributed by atoms with Gasteiger partial charge in [0.25, 0.3) is 0 Å². The molecule has 6 heteroatoms. The second-order valence-electron chi connectivity index (χ2n) is 5.83. The van der Waals surface area contributed by atoms with Crippen molar-refractivity contribution in [2.24, 2.45) is 0 Å². The van der Waals surface area contributed by atoms with Gasteiger partial charge in [-0.05, 0) is 60.9 Å². The summed E-state index contributed by atoms with van der Waals surface area (Å²) >= 11 is 0. The SMILES string of the molecule is CC(=O)N(C)c1ccc(NC(=O)NCCc2ccc(F)cc2C)cc1. The quantitative estimate of drug-likeness (QED) is 0.873. The molecule has 0 spiro atoms. The Labute approximate surface area is 146 Å². The highest BCUT2D eigenvalue weighted by Gasteiger charge is 2.07. The van der Waals surface area contributed by atoms with Crippen LogP contribution in [0.2, 0.25) is 0 Å². The average molecular weight is 343 g/mol. The summed E-state index contributed by atoms with van der Waals surface area (Å²) in [7, 11) is 1.69. The fraction of sp³-hybridized carbons (Fsp3) is 0.263. The maximum absolute atomic E-state index is 13.1. The van der Waals surface area contributed by atoms with Crippen LogP contribution in [0, 0.1) is 12.7 Å². The number of halogens is 1. The van der Waals surface area contributed by atoms with Crippen molar-refractivity contribution >= 4 is 23.3 Å². The predicted octanol–water partition coefficient (Wildman–Crippen LogP) is 3.48. The third-order valence-electron chi connectivity index (χ3n) is 3.97. The third-order valence-corrected chi connectivity index (χ3v) is 3.97. The van der Waals surface area contributed by atoms with Gasteiger partial charge in [-0.2, -0.15) is 0 Å². The Morgan fingerprint density at radius 1 is 1.12 bits per heavy atom. The van der Waals surface area contributed by atoms with Crippen molar-refractivity contribution < 1.29 is 14.0 Å². The molecular weight excluding hydrogens is 321 g/mol. The molecule has 0 aromatic heterocycles. The topological polar surface area (TPSA) is 61.4 Å². The first kappa shape index (κ1) is 18.4. The minimum Gasteiger partial charge on any atom is -0.338 e. The Balaban J connectivity index is 1.83. The van der Waals surface area contributed by atoms with Crippen molar-refractivity contribution in [2.75, 3.05) is 23.8 Å². The van der Waals surface area contributed by atoms with Crippen LogP contribution < -0.4 is 15.5 Å². The molecule has 25 heavy (non-hydrogen) atoms. The fourth-order valence-electron chi connectivity index (χ4n) is 2.38. The first-order valence-corrected chi connectivity index (χ1v) is 8.01. The van der Waals surface area contributed by atoms with Crippen LogP contribution in [-0.2, 0) is 11.2 Å². The maximum atomic E-state index is 13.1. The molecule has 2 N–H and O–H groups in total. The summed E-state index contributed by atoms with van der Waals surface area (Å²) in [5.74, 6) is -0.319. The van der Waals surface area contributed by atoms with Crippen LogP contribution in [0.15, 0.2) is 42.5 Å². The summed E-state index contributed by atoms with van der Waals surface area (Å²) in [4.78, 5) is 24.8. The van der Waals surface area contributed by atoms with E-state index in [1.165, 1.54) is 24.0 Å². The Morgan fingerprint density at radius 2 is 1.80 bits per heavy atom. The first-order chi connectivity index (χ1) is 11.9. The number of urea groups is 1. The summed E-state index contributed by atoms with van der Waals surface area (Å²) in [6.45, 7) is 3.78. The molecule has 0 saturated carbocycles. The lowest BCUT2D eigenvalue weighted by Gasteiger charge is -2.15. The number of nitrogens with one attached hydrogen (secondary N) is 2. The van der Waals surface area contributed by atoms with Crippen molar-refractivity contribution in [3.8, 4) is 0 Å². The molecule has 0 atom stereocenters. The van der Waals surface area contributed by atoms with Gasteiger partial charge in [-0.1, -0.05) is 6.07 Å². The van der Waals surface area contributed by atoms with Gasteiger partial charge < -0.3 is 15.5 Å². The zero-order chi connectivity index (χ0) is 18.4. The summed E-state index contributed by atoms with van der Waals surface area (Å²) < 4.78 is 13.1. The van der Waals surface area contributed by atoms with Gasteiger partial charge in [0.15, 0.2) is 0 Å². The lowest BCUT2D eigenvalue weighted by atomic mass is 10.1. The summed E-state index contributed by atoms with van der Waals surface area (Å²) in [5.41, 5.74) is 3.26. The van der Waals surface area contributed by atoms with E-state index in [4.69, 9.17) is 0 Å². The Kier molecular flexibility index (Phi) is 6.11. The molecule has 3 amide bonds. The Hall–Kier alpha value is -2.89. The normalized spacial score (nSPS) is 10.2. The van der Waals surface area contributed by atoms with Crippen molar-refractivity contribution in [3.63, 3.8) is 0 Å². The molecular formula is C19H22FN3O2. The van der Waals surface area contributed by atoms with E-state index in [1.807, 2.05) is 6.92 Å². The Morgan fingerprint density at radius 3 is 2.40 bits per heavy atom. The van der Waals surface area contributed by atoms with Gasteiger partial charge >= 0.3 is 6.03 Å². The van der Waals surface area contributed by atoms with Crippen molar-refractivity contribution in [1.82, 2.24) is 5.32 Å². The largest absolute Gasteiger partial charge is 0.338 e. The molecule has 0 radical (unpaired) electrons. The van der Waals surface area contributed by atoms with Crippen LogP contribution in [0.1, 0.15) is 18.1 Å². The van der Waals surface area contributed by atoms with Crippen LogP contribution in [0.5, 0.6) is 0 Å². The minimum atomic E-state index is -0.313. The number of carbonyl (C=O) groups is 2. The molecule has 0 aliphatic rings. The molecule has 0 bridgehead atoms. The van der Waals surface area contributed by atoms with Gasteiger partial charge in [-0.25, -0.2) is 9.18 Å². The standard InChI is InChI=1S/C19H22FN3O2/c1-13-12-16(20)5-4-15(13)10-11-21-19(25)22-17-6-8-18(9-7-17)23(3)14(2)24/h4-9,12H,10-11H2,1-3H3,(H2,21,22,25). The van der Waals surface area contributed by atoms with Crippen molar-refractivity contribution in [3.05, 3.63) is 59.4 Å². The number of hydrogen-bond donors (Lipinski definition) is 2. The van der Waals surface area contributed by atoms with Gasteiger partial charge in [0.05, 0.1) is 0 Å². The summed E-state index contributed by atoms with van der Waals surface area (Å²) in [6, 6.07) is 11.3. The molecule has 2 rings (SSSR count). The van der Waals surface area contributed by atoms with Crippen molar-refractivity contribution in [2.45, 2.75) is 20.3 Å². The molecule has 0 unspecified atom stereocenters. The van der Waals surface area contributed by atoms with Crippen LogP contribution in [0.25, 0.3) is 0 Å². The number of aryl methyl sites for hydroxylation is 1. The molecule has 132 valence electrons. The number of rotatable bonds is 5. The van der Waals surface area contributed by atoms with E-state index in [1.54, 1.807) is 37.4 Å². The number of anilines is 2. The van der Waals surface area contributed by atoms with Gasteiger partial charge in [0.2, 0.25) is 5.91 Å². The zero-order valence-corrected chi connectivity index (χ0v) is 14.6.